The highest BCUT2D eigenvalue weighted by atomic mass is 16.5. The Morgan fingerprint density at radius 2 is 1.48 bits per heavy atom. The molecule has 5 nitrogen and oxygen atoms in total. The summed E-state index contributed by atoms with van der Waals surface area (Å²) in [5, 5.41) is 19.6. The van der Waals surface area contributed by atoms with Crippen molar-refractivity contribution in [3.8, 4) is 17.2 Å². The maximum absolute atomic E-state index is 9.80. The molecule has 0 saturated carbocycles. The van der Waals surface area contributed by atoms with Crippen LogP contribution in [0.2, 0.25) is 0 Å². The highest BCUT2D eigenvalue weighted by Gasteiger charge is 2.00. The normalized spacial score (nSPS) is 11.4. The van der Waals surface area contributed by atoms with Gasteiger partial charge in [0.25, 0.3) is 0 Å². The van der Waals surface area contributed by atoms with Gasteiger partial charge in [0.1, 0.15) is 17.2 Å². The van der Waals surface area contributed by atoms with Crippen LogP contribution in [0.3, 0.4) is 0 Å². The number of aliphatic imine (C=N–C) groups is 2. The molecule has 0 amide bonds. The molecular weight excluding hydrogens is 292 g/mol. The zero-order valence-electron chi connectivity index (χ0n) is 13.2. The Bertz CT molecular complexity index is 724. The molecule has 23 heavy (non-hydrogen) atoms. The van der Waals surface area contributed by atoms with Crippen molar-refractivity contribution in [3.05, 3.63) is 53.1 Å². The Labute approximate surface area is 135 Å². The SMILES string of the molecule is COc1ccc(C=NCCN=Cc2ccc(C)cc2O)c(O)c1. The van der Waals surface area contributed by atoms with E-state index in [2.05, 4.69) is 9.98 Å². The van der Waals surface area contributed by atoms with Crippen molar-refractivity contribution in [3.63, 3.8) is 0 Å². The molecule has 0 bridgehead atoms. The first-order valence-corrected chi connectivity index (χ1v) is 7.26. The van der Waals surface area contributed by atoms with Gasteiger partial charge in [-0.2, -0.15) is 0 Å². The predicted octanol–water partition coefficient (Wildman–Crippen LogP) is 2.95. The molecule has 5 heteroatoms. The molecule has 0 aliphatic carbocycles. The van der Waals surface area contributed by atoms with Crippen LogP contribution in [0.5, 0.6) is 17.2 Å². The Balaban J connectivity index is 1.86. The second-order valence-electron chi connectivity index (χ2n) is 5.06. The quantitative estimate of drug-likeness (QED) is 0.636. The van der Waals surface area contributed by atoms with Gasteiger partial charge < -0.3 is 14.9 Å². The number of hydrogen-bond acceptors (Lipinski definition) is 5. The second-order valence-corrected chi connectivity index (χ2v) is 5.06. The molecule has 2 aromatic rings. The number of methoxy groups -OCH3 is 1. The average molecular weight is 312 g/mol. The molecule has 0 radical (unpaired) electrons. The number of aryl methyl sites for hydroxylation is 1. The van der Waals surface area contributed by atoms with Crippen LogP contribution in [0, 0.1) is 6.92 Å². The Morgan fingerprint density at radius 3 is 2.00 bits per heavy atom. The number of nitrogens with zero attached hydrogens (tertiary/aromatic N) is 2. The van der Waals surface area contributed by atoms with Crippen molar-refractivity contribution < 1.29 is 14.9 Å². The van der Waals surface area contributed by atoms with Crippen molar-refractivity contribution in [2.75, 3.05) is 20.2 Å². The number of rotatable bonds is 6. The lowest BCUT2D eigenvalue weighted by atomic mass is 10.1. The molecule has 0 aliphatic rings. The van der Waals surface area contributed by atoms with E-state index in [0.29, 0.717) is 30.0 Å². The van der Waals surface area contributed by atoms with Gasteiger partial charge >= 0.3 is 0 Å². The monoisotopic (exact) mass is 312 g/mol. The minimum Gasteiger partial charge on any atom is -0.507 e. The third kappa shape index (κ3) is 4.85. The van der Waals surface area contributed by atoms with Crippen LogP contribution in [-0.2, 0) is 0 Å². The predicted molar refractivity (Wildman–Crippen MR) is 92.4 cm³/mol. The fourth-order valence-corrected chi connectivity index (χ4v) is 1.96. The van der Waals surface area contributed by atoms with Gasteiger partial charge in [0, 0.05) is 29.6 Å². The molecule has 0 heterocycles. The van der Waals surface area contributed by atoms with Crippen molar-refractivity contribution in [1.29, 1.82) is 0 Å². The van der Waals surface area contributed by atoms with E-state index in [1.807, 2.05) is 19.1 Å². The second kappa shape index (κ2) is 7.98. The lowest BCUT2D eigenvalue weighted by Gasteiger charge is -2.02. The number of ether oxygens (including phenoxy) is 1. The van der Waals surface area contributed by atoms with E-state index in [4.69, 9.17) is 4.74 Å². The number of benzene rings is 2. The van der Waals surface area contributed by atoms with Crippen LogP contribution < -0.4 is 4.74 Å². The van der Waals surface area contributed by atoms with Crippen molar-refractivity contribution in [2.24, 2.45) is 9.98 Å². The largest absolute Gasteiger partial charge is 0.507 e. The Morgan fingerprint density at radius 1 is 0.913 bits per heavy atom. The molecular formula is C18H20N2O3. The molecule has 0 atom stereocenters. The average Bonchev–Trinajstić information content (AvgIpc) is 2.53. The molecule has 2 rings (SSSR count). The maximum Gasteiger partial charge on any atom is 0.128 e. The first-order valence-electron chi connectivity index (χ1n) is 7.26. The zero-order chi connectivity index (χ0) is 16.7. The minimum atomic E-state index is 0.126. The summed E-state index contributed by atoms with van der Waals surface area (Å²) in [5.74, 6) is 0.948. The molecule has 0 saturated heterocycles. The summed E-state index contributed by atoms with van der Waals surface area (Å²) in [4.78, 5) is 8.46. The minimum absolute atomic E-state index is 0.126. The van der Waals surface area contributed by atoms with E-state index < -0.39 is 0 Å². The fraction of sp³-hybridized carbons (Fsp3) is 0.222. The summed E-state index contributed by atoms with van der Waals surface area (Å²) in [6.45, 7) is 2.92. The molecule has 0 fully saturated rings. The molecule has 2 N–H and O–H groups in total. The van der Waals surface area contributed by atoms with Gasteiger partial charge in [0.15, 0.2) is 0 Å². The van der Waals surface area contributed by atoms with Gasteiger partial charge in [-0.1, -0.05) is 6.07 Å². The molecule has 0 aliphatic heterocycles. The van der Waals surface area contributed by atoms with Gasteiger partial charge in [-0.3, -0.25) is 9.98 Å². The third-order valence-corrected chi connectivity index (χ3v) is 3.24. The van der Waals surface area contributed by atoms with Gasteiger partial charge in [0.05, 0.1) is 20.2 Å². The van der Waals surface area contributed by atoms with E-state index in [1.54, 1.807) is 43.8 Å². The highest BCUT2D eigenvalue weighted by molar-refractivity contribution is 5.84. The Kier molecular flexibility index (Phi) is 5.74. The summed E-state index contributed by atoms with van der Waals surface area (Å²) >= 11 is 0. The first kappa shape index (κ1) is 16.5. The van der Waals surface area contributed by atoms with Crippen molar-refractivity contribution in [2.45, 2.75) is 6.92 Å². The fourth-order valence-electron chi connectivity index (χ4n) is 1.96. The number of phenolic OH excluding ortho intramolecular Hbond substituents is 2. The molecule has 2 aromatic carbocycles. The van der Waals surface area contributed by atoms with Gasteiger partial charge in [0.2, 0.25) is 0 Å². The Hall–Kier alpha value is -2.82. The number of phenols is 2. The zero-order valence-corrected chi connectivity index (χ0v) is 13.2. The van der Waals surface area contributed by atoms with Crippen molar-refractivity contribution in [1.82, 2.24) is 0 Å². The van der Waals surface area contributed by atoms with Crippen LogP contribution in [0.4, 0.5) is 0 Å². The van der Waals surface area contributed by atoms with Crippen molar-refractivity contribution >= 4 is 12.4 Å². The smallest absolute Gasteiger partial charge is 0.128 e. The van der Waals surface area contributed by atoms with Crippen LogP contribution in [0.1, 0.15) is 16.7 Å². The molecule has 0 unspecified atom stereocenters. The van der Waals surface area contributed by atoms with E-state index in [0.717, 1.165) is 5.56 Å². The lowest BCUT2D eigenvalue weighted by Crippen LogP contribution is -1.92. The topological polar surface area (TPSA) is 74.4 Å². The van der Waals surface area contributed by atoms with Crippen LogP contribution in [-0.4, -0.2) is 42.8 Å². The number of aromatic hydroxyl groups is 2. The van der Waals surface area contributed by atoms with E-state index >= 15 is 0 Å². The first-order chi connectivity index (χ1) is 11.1. The van der Waals surface area contributed by atoms with Crippen LogP contribution in [0.15, 0.2) is 46.4 Å². The van der Waals surface area contributed by atoms with Gasteiger partial charge in [-0.05, 0) is 36.8 Å². The van der Waals surface area contributed by atoms with E-state index in [9.17, 15) is 10.2 Å². The van der Waals surface area contributed by atoms with Gasteiger partial charge in [-0.15, -0.1) is 0 Å². The number of hydrogen-bond donors (Lipinski definition) is 2. The third-order valence-electron chi connectivity index (χ3n) is 3.24. The summed E-state index contributed by atoms with van der Waals surface area (Å²) in [6, 6.07) is 10.5. The maximum atomic E-state index is 9.80. The summed E-state index contributed by atoms with van der Waals surface area (Å²) in [5.41, 5.74) is 2.32. The van der Waals surface area contributed by atoms with E-state index in [1.165, 1.54) is 0 Å². The van der Waals surface area contributed by atoms with E-state index in [-0.39, 0.29) is 11.5 Å². The molecule has 120 valence electrons. The summed E-state index contributed by atoms with van der Waals surface area (Å²) in [6.07, 6.45) is 3.24. The van der Waals surface area contributed by atoms with Gasteiger partial charge in [-0.25, -0.2) is 0 Å². The molecule has 0 aromatic heterocycles. The van der Waals surface area contributed by atoms with Crippen LogP contribution >= 0.6 is 0 Å². The summed E-state index contributed by atoms with van der Waals surface area (Å²) in [7, 11) is 1.55. The lowest BCUT2D eigenvalue weighted by molar-refractivity contribution is 0.407. The summed E-state index contributed by atoms with van der Waals surface area (Å²) < 4.78 is 5.02. The van der Waals surface area contributed by atoms with Crippen LogP contribution in [0.25, 0.3) is 0 Å². The molecule has 0 spiro atoms. The standard InChI is InChI=1S/C18H20N2O3/c1-13-3-4-14(17(21)9-13)11-19-7-8-20-12-15-5-6-16(23-2)10-18(15)22/h3-6,9-12,21-22H,7-8H2,1-2H3. The highest BCUT2D eigenvalue weighted by Crippen LogP contribution is 2.21.